The molecular formula is C12H15ClNO. The molecule has 0 aliphatic carbocycles. The van der Waals surface area contributed by atoms with Gasteiger partial charge in [0.15, 0.2) is 0 Å². The maximum absolute atomic E-state index is 8.88. The Morgan fingerprint density at radius 3 is 3.07 bits per heavy atom. The van der Waals surface area contributed by atoms with Crippen molar-refractivity contribution in [3.63, 3.8) is 0 Å². The van der Waals surface area contributed by atoms with Crippen molar-refractivity contribution < 1.29 is 5.11 Å². The van der Waals surface area contributed by atoms with Crippen molar-refractivity contribution in [2.24, 2.45) is 5.92 Å². The van der Waals surface area contributed by atoms with Crippen LogP contribution < -0.4 is 4.90 Å². The molecule has 3 heteroatoms. The lowest BCUT2D eigenvalue weighted by atomic mass is 10.1. The van der Waals surface area contributed by atoms with Gasteiger partial charge in [-0.25, -0.2) is 0 Å². The van der Waals surface area contributed by atoms with Crippen molar-refractivity contribution in [2.75, 3.05) is 24.6 Å². The maximum atomic E-state index is 8.88. The van der Waals surface area contributed by atoms with Crippen LogP contribution in [0.4, 0.5) is 5.69 Å². The highest BCUT2D eigenvalue weighted by molar-refractivity contribution is 6.30. The molecule has 15 heavy (non-hydrogen) atoms. The van der Waals surface area contributed by atoms with Gasteiger partial charge in [-0.15, -0.1) is 0 Å². The molecular weight excluding hydrogens is 210 g/mol. The minimum atomic E-state index is 0.294. The molecule has 1 radical (unpaired) electrons. The number of rotatable bonds is 3. The summed E-state index contributed by atoms with van der Waals surface area (Å²) in [6, 6.07) is 8.87. The number of hydrogen-bond acceptors (Lipinski definition) is 2. The van der Waals surface area contributed by atoms with E-state index in [0.717, 1.165) is 36.6 Å². The molecule has 0 amide bonds. The van der Waals surface area contributed by atoms with Crippen LogP contribution in [0, 0.1) is 12.0 Å². The highest BCUT2D eigenvalue weighted by Gasteiger charge is 2.21. The molecule has 0 bridgehead atoms. The summed E-state index contributed by atoms with van der Waals surface area (Å²) in [4.78, 5) is 2.30. The summed E-state index contributed by atoms with van der Waals surface area (Å²) in [5, 5.41) is 9.60. The van der Waals surface area contributed by atoms with Gasteiger partial charge in [0.25, 0.3) is 0 Å². The number of nitrogens with zero attached hydrogens (tertiary/aromatic N) is 1. The smallest absolute Gasteiger partial charge is 0.0447 e. The number of anilines is 1. The summed E-state index contributed by atoms with van der Waals surface area (Å²) < 4.78 is 0. The zero-order valence-electron chi connectivity index (χ0n) is 8.62. The topological polar surface area (TPSA) is 23.5 Å². The summed E-state index contributed by atoms with van der Waals surface area (Å²) in [5.74, 6) is 0.624. The number of benzene rings is 1. The lowest BCUT2D eigenvalue weighted by Gasteiger charge is -2.18. The van der Waals surface area contributed by atoms with Gasteiger partial charge in [-0.2, -0.15) is 0 Å². The van der Waals surface area contributed by atoms with E-state index >= 15 is 0 Å². The van der Waals surface area contributed by atoms with Crippen LogP contribution >= 0.6 is 11.6 Å². The second-order valence-corrected chi connectivity index (χ2v) is 4.44. The first-order valence-corrected chi connectivity index (χ1v) is 5.70. The SMILES string of the molecule is OCCC1CCN(c2[c]cc(Cl)cc2)C1. The molecule has 0 saturated carbocycles. The molecule has 1 N–H and O–H groups in total. The first-order chi connectivity index (χ1) is 7.29. The fraction of sp³-hybridized carbons (Fsp3) is 0.500. The van der Waals surface area contributed by atoms with Crippen molar-refractivity contribution in [3.05, 3.63) is 29.3 Å². The second-order valence-electron chi connectivity index (χ2n) is 4.01. The number of aliphatic hydroxyl groups excluding tert-OH is 1. The van der Waals surface area contributed by atoms with Gasteiger partial charge in [0.1, 0.15) is 0 Å². The highest BCUT2D eigenvalue weighted by atomic mass is 35.5. The Labute approximate surface area is 95.5 Å². The van der Waals surface area contributed by atoms with Crippen LogP contribution in [0.3, 0.4) is 0 Å². The predicted octanol–water partition coefficient (Wildman–Crippen LogP) is 2.35. The van der Waals surface area contributed by atoms with Crippen molar-refractivity contribution in [2.45, 2.75) is 12.8 Å². The quantitative estimate of drug-likeness (QED) is 0.852. The van der Waals surface area contributed by atoms with Crippen molar-refractivity contribution in [1.82, 2.24) is 0 Å². The lowest BCUT2D eigenvalue weighted by Crippen LogP contribution is -2.19. The molecule has 2 rings (SSSR count). The summed E-state index contributed by atoms with van der Waals surface area (Å²) >= 11 is 5.81. The summed E-state index contributed by atoms with van der Waals surface area (Å²) in [7, 11) is 0. The number of halogens is 1. The standard InChI is InChI=1S/C12H15ClNO/c13-11-1-3-12(4-2-11)14-7-5-10(9-14)6-8-15/h1-3,10,15H,5-9H2. The molecule has 81 valence electrons. The zero-order valence-corrected chi connectivity index (χ0v) is 9.37. The molecule has 1 heterocycles. The fourth-order valence-electron chi connectivity index (χ4n) is 2.06. The van der Waals surface area contributed by atoms with Gasteiger partial charge in [-0.3, -0.25) is 0 Å². The van der Waals surface area contributed by atoms with Crippen LogP contribution in [-0.2, 0) is 0 Å². The lowest BCUT2D eigenvalue weighted by molar-refractivity contribution is 0.263. The summed E-state index contributed by atoms with van der Waals surface area (Å²) in [6.07, 6.45) is 2.07. The van der Waals surface area contributed by atoms with Gasteiger partial charge in [0, 0.05) is 36.5 Å². The third-order valence-electron chi connectivity index (χ3n) is 2.92. The second kappa shape index (κ2) is 4.86. The summed E-state index contributed by atoms with van der Waals surface area (Å²) in [5.41, 5.74) is 1.11. The first kappa shape index (κ1) is 10.8. The Bertz CT molecular complexity index is 312. The van der Waals surface area contributed by atoms with Crippen LogP contribution in [0.1, 0.15) is 12.8 Å². The van der Waals surface area contributed by atoms with Gasteiger partial charge < -0.3 is 10.0 Å². The molecule has 1 aliphatic rings. The van der Waals surface area contributed by atoms with Gasteiger partial charge in [0.05, 0.1) is 0 Å². The Hall–Kier alpha value is -0.730. The van der Waals surface area contributed by atoms with Crippen LogP contribution in [0.5, 0.6) is 0 Å². The van der Waals surface area contributed by atoms with E-state index in [1.165, 1.54) is 0 Å². The minimum absolute atomic E-state index is 0.294. The molecule has 2 nitrogen and oxygen atoms in total. The predicted molar refractivity (Wildman–Crippen MR) is 62.3 cm³/mol. The van der Waals surface area contributed by atoms with Crippen LogP contribution in [-0.4, -0.2) is 24.8 Å². The van der Waals surface area contributed by atoms with Crippen molar-refractivity contribution in [3.8, 4) is 0 Å². The van der Waals surface area contributed by atoms with E-state index < -0.39 is 0 Å². The van der Waals surface area contributed by atoms with Crippen LogP contribution in [0.2, 0.25) is 5.02 Å². The molecule has 1 aromatic carbocycles. The van der Waals surface area contributed by atoms with E-state index in [0.29, 0.717) is 12.5 Å². The fourth-order valence-corrected chi connectivity index (χ4v) is 2.18. The van der Waals surface area contributed by atoms with Gasteiger partial charge in [0.2, 0.25) is 0 Å². The Morgan fingerprint density at radius 1 is 1.53 bits per heavy atom. The van der Waals surface area contributed by atoms with Crippen LogP contribution in [0.25, 0.3) is 0 Å². The van der Waals surface area contributed by atoms with Crippen molar-refractivity contribution in [1.29, 1.82) is 0 Å². The Morgan fingerprint density at radius 2 is 2.40 bits per heavy atom. The van der Waals surface area contributed by atoms with E-state index in [1.54, 1.807) is 6.07 Å². The third kappa shape index (κ3) is 2.64. The molecule has 0 spiro atoms. The van der Waals surface area contributed by atoms with Crippen LogP contribution in [0.15, 0.2) is 18.2 Å². The largest absolute Gasteiger partial charge is 0.396 e. The van der Waals surface area contributed by atoms with Gasteiger partial charge in [-0.1, -0.05) is 11.6 Å². The molecule has 1 atom stereocenters. The monoisotopic (exact) mass is 224 g/mol. The van der Waals surface area contributed by atoms with Gasteiger partial charge in [-0.05, 0) is 37.0 Å². The normalized spacial score (nSPS) is 20.9. The molecule has 0 aromatic heterocycles. The average molecular weight is 225 g/mol. The van der Waals surface area contributed by atoms with Crippen molar-refractivity contribution >= 4 is 17.3 Å². The zero-order chi connectivity index (χ0) is 10.7. The average Bonchev–Trinajstić information content (AvgIpc) is 2.68. The van der Waals surface area contributed by atoms with E-state index in [2.05, 4.69) is 11.0 Å². The molecule has 1 fully saturated rings. The maximum Gasteiger partial charge on any atom is 0.0447 e. The number of hydrogen-bond donors (Lipinski definition) is 1. The minimum Gasteiger partial charge on any atom is -0.396 e. The summed E-state index contributed by atoms with van der Waals surface area (Å²) in [6.45, 7) is 2.38. The van der Waals surface area contributed by atoms with Gasteiger partial charge >= 0.3 is 0 Å². The van der Waals surface area contributed by atoms with E-state index in [9.17, 15) is 0 Å². The van der Waals surface area contributed by atoms with E-state index in [4.69, 9.17) is 16.7 Å². The Kier molecular flexibility index (Phi) is 3.49. The van der Waals surface area contributed by atoms with E-state index in [-0.39, 0.29) is 0 Å². The molecule has 1 aliphatic heterocycles. The third-order valence-corrected chi connectivity index (χ3v) is 3.16. The molecule has 1 saturated heterocycles. The van der Waals surface area contributed by atoms with E-state index in [1.807, 2.05) is 12.1 Å². The number of aliphatic hydroxyl groups is 1. The molecule has 1 unspecified atom stereocenters. The first-order valence-electron chi connectivity index (χ1n) is 5.32. The Balaban J connectivity index is 1.98. The molecule has 1 aromatic rings. The highest BCUT2D eigenvalue weighted by Crippen LogP contribution is 2.25.